The predicted octanol–water partition coefficient (Wildman–Crippen LogP) is 2.18. The molecule has 4 heteroatoms. The third kappa shape index (κ3) is 4.23. The van der Waals surface area contributed by atoms with Crippen molar-refractivity contribution in [2.24, 2.45) is 11.8 Å². The number of H-pyrrole nitrogens is 1. The largest absolute Gasteiger partial charge is 0.464 e. The molecule has 1 heterocycles. The van der Waals surface area contributed by atoms with Gasteiger partial charge in [0, 0.05) is 12.2 Å². The smallest absolute Gasteiger partial charge is 0.354 e. The maximum atomic E-state index is 11.2. The molecule has 0 amide bonds. The van der Waals surface area contributed by atoms with E-state index < -0.39 is 0 Å². The number of hydrogen-bond acceptors (Lipinski definition) is 3. The van der Waals surface area contributed by atoms with Gasteiger partial charge in [-0.05, 0) is 30.5 Å². The second kappa shape index (κ2) is 6.45. The number of carbonyl (C=O) groups excluding carboxylic acids is 1. The van der Waals surface area contributed by atoms with Gasteiger partial charge in [0.1, 0.15) is 5.69 Å². The number of aromatic nitrogens is 1. The van der Waals surface area contributed by atoms with E-state index in [4.69, 9.17) is 0 Å². The molecule has 2 N–H and O–H groups in total. The molecule has 1 rings (SSSR count). The maximum Gasteiger partial charge on any atom is 0.354 e. The number of aromatic amines is 1. The fraction of sp³-hybridized carbons (Fsp3) is 0.615. The van der Waals surface area contributed by atoms with Crippen molar-refractivity contribution in [2.45, 2.75) is 27.3 Å². The van der Waals surface area contributed by atoms with Crippen molar-refractivity contribution in [2.75, 3.05) is 13.7 Å². The van der Waals surface area contributed by atoms with Gasteiger partial charge < -0.3 is 15.0 Å². The van der Waals surface area contributed by atoms with Crippen LogP contribution in [0.2, 0.25) is 0 Å². The van der Waals surface area contributed by atoms with Crippen LogP contribution in [0.5, 0.6) is 0 Å². The maximum absolute atomic E-state index is 11.2. The molecule has 1 aromatic heterocycles. The van der Waals surface area contributed by atoms with Gasteiger partial charge in [-0.2, -0.15) is 0 Å². The molecule has 0 aliphatic heterocycles. The molecule has 4 nitrogen and oxygen atoms in total. The molecule has 0 spiro atoms. The Hall–Kier alpha value is -1.29. The first-order chi connectivity index (χ1) is 8.04. The fourth-order valence-corrected chi connectivity index (χ4v) is 1.44. The van der Waals surface area contributed by atoms with Crippen LogP contribution in [0.4, 0.5) is 0 Å². The first kappa shape index (κ1) is 13.8. The highest BCUT2D eigenvalue weighted by atomic mass is 16.5. The molecule has 0 aliphatic rings. The summed E-state index contributed by atoms with van der Waals surface area (Å²) < 4.78 is 4.63. The van der Waals surface area contributed by atoms with E-state index in [1.165, 1.54) is 7.11 Å². The Morgan fingerprint density at radius 3 is 2.71 bits per heavy atom. The molecule has 1 atom stereocenters. The van der Waals surface area contributed by atoms with Gasteiger partial charge in [0.05, 0.1) is 7.11 Å². The van der Waals surface area contributed by atoms with Crippen LogP contribution in [0.3, 0.4) is 0 Å². The number of carbonyl (C=O) groups is 1. The van der Waals surface area contributed by atoms with Crippen molar-refractivity contribution in [1.82, 2.24) is 10.3 Å². The van der Waals surface area contributed by atoms with Gasteiger partial charge in [0.15, 0.2) is 0 Å². The fourth-order valence-electron chi connectivity index (χ4n) is 1.44. The number of rotatable bonds is 6. The second-order valence-corrected chi connectivity index (χ2v) is 4.74. The van der Waals surface area contributed by atoms with Crippen molar-refractivity contribution < 1.29 is 9.53 Å². The van der Waals surface area contributed by atoms with Crippen LogP contribution in [-0.4, -0.2) is 24.6 Å². The lowest BCUT2D eigenvalue weighted by Gasteiger charge is -2.15. The van der Waals surface area contributed by atoms with Gasteiger partial charge >= 0.3 is 5.97 Å². The van der Waals surface area contributed by atoms with Crippen LogP contribution in [0.25, 0.3) is 0 Å². The Kier molecular flexibility index (Phi) is 5.22. The minimum atomic E-state index is -0.327. The lowest BCUT2D eigenvalue weighted by molar-refractivity contribution is 0.0594. The van der Waals surface area contributed by atoms with Gasteiger partial charge in [0.25, 0.3) is 0 Å². The molecule has 0 aromatic carbocycles. The Balaban J connectivity index is 2.37. The van der Waals surface area contributed by atoms with Gasteiger partial charge in [-0.25, -0.2) is 4.79 Å². The van der Waals surface area contributed by atoms with E-state index in [1.54, 1.807) is 6.07 Å². The molecule has 0 saturated heterocycles. The molecule has 0 saturated carbocycles. The average molecular weight is 238 g/mol. The molecule has 0 aliphatic carbocycles. The number of hydrogen-bond donors (Lipinski definition) is 2. The van der Waals surface area contributed by atoms with Gasteiger partial charge in [-0.1, -0.05) is 20.8 Å². The van der Waals surface area contributed by atoms with Crippen molar-refractivity contribution in [3.8, 4) is 0 Å². The molecule has 0 radical (unpaired) electrons. The second-order valence-electron chi connectivity index (χ2n) is 4.74. The monoisotopic (exact) mass is 238 g/mol. The van der Waals surface area contributed by atoms with Gasteiger partial charge in [-0.3, -0.25) is 0 Å². The minimum Gasteiger partial charge on any atom is -0.464 e. The lowest BCUT2D eigenvalue weighted by atomic mass is 9.98. The molecule has 1 unspecified atom stereocenters. The topological polar surface area (TPSA) is 54.1 Å². The molecule has 96 valence electrons. The SMILES string of the molecule is COC(=O)c1ccc(CNCC(C)C(C)C)[nH]1. The normalized spacial score (nSPS) is 12.8. The van der Waals surface area contributed by atoms with E-state index in [0.29, 0.717) is 17.5 Å². The van der Waals surface area contributed by atoms with Gasteiger partial charge in [0.2, 0.25) is 0 Å². The number of methoxy groups -OCH3 is 1. The van der Waals surface area contributed by atoms with Crippen molar-refractivity contribution >= 4 is 5.97 Å². The summed E-state index contributed by atoms with van der Waals surface area (Å²) in [6.45, 7) is 8.39. The van der Waals surface area contributed by atoms with Crippen LogP contribution in [0, 0.1) is 11.8 Å². The Morgan fingerprint density at radius 1 is 1.41 bits per heavy atom. The summed E-state index contributed by atoms with van der Waals surface area (Å²) >= 11 is 0. The molecule has 0 fully saturated rings. The summed E-state index contributed by atoms with van der Waals surface area (Å²) in [7, 11) is 1.38. The molecular formula is C13H22N2O2. The van der Waals surface area contributed by atoms with Crippen LogP contribution in [-0.2, 0) is 11.3 Å². The van der Waals surface area contributed by atoms with Crippen molar-refractivity contribution in [3.05, 3.63) is 23.5 Å². The quantitative estimate of drug-likeness (QED) is 0.747. The Bertz CT molecular complexity index is 358. The molecular weight excluding hydrogens is 216 g/mol. The predicted molar refractivity (Wildman–Crippen MR) is 67.8 cm³/mol. The third-order valence-corrected chi connectivity index (χ3v) is 3.07. The summed E-state index contributed by atoms with van der Waals surface area (Å²) in [4.78, 5) is 14.3. The van der Waals surface area contributed by atoms with E-state index in [-0.39, 0.29) is 5.97 Å². The minimum absolute atomic E-state index is 0.327. The van der Waals surface area contributed by atoms with E-state index in [1.807, 2.05) is 6.07 Å². The van der Waals surface area contributed by atoms with Crippen molar-refractivity contribution in [1.29, 1.82) is 0 Å². The summed E-state index contributed by atoms with van der Waals surface area (Å²) in [5.74, 6) is 0.994. The lowest BCUT2D eigenvalue weighted by Crippen LogP contribution is -2.23. The zero-order valence-corrected chi connectivity index (χ0v) is 11.0. The van der Waals surface area contributed by atoms with Gasteiger partial charge in [-0.15, -0.1) is 0 Å². The number of nitrogens with one attached hydrogen (secondary N) is 2. The summed E-state index contributed by atoms with van der Waals surface area (Å²) in [5, 5.41) is 3.37. The third-order valence-electron chi connectivity index (χ3n) is 3.07. The molecule has 0 bridgehead atoms. The molecule has 17 heavy (non-hydrogen) atoms. The Labute approximate surface area is 103 Å². The van der Waals surface area contributed by atoms with Crippen molar-refractivity contribution in [3.63, 3.8) is 0 Å². The highest BCUT2D eigenvalue weighted by Gasteiger charge is 2.09. The molecule has 1 aromatic rings. The van der Waals surface area contributed by atoms with E-state index >= 15 is 0 Å². The Morgan fingerprint density at radius 2 is 2.12 bits per heavy atom. The summed E-state index contributed by atoms with van der Waals surface area (Å²) in [6.07, 6.45) is 0. The highest BCUT2D eigenvalue weighted by Crippen LogP contribution is 2.08. The van der Waals surface area contributed by atoms with E-state index in [0.717, 1.165) is 18.8 Å². The zero-order valence-electron chi connectivity index (χ0n) is 11.0. The van der Waals surface area contributed by atoms with Crippen LogP contribution in [0.15, 0.2) is 12.1 Å². The first-order valence-electron chi connectivity index (χ1n) is 6.01. The number of esters is 1. The van der Waals surface area contributed by atoms with Crippen LogP contribution >= 0.6 is 0 Å². The zero-order chi connectivity index (χ0) is 12.8. The van der Waals surface area contributed by atoms with Crippen LogP contribution < -0.4 is 5.32 Å². The summed E-state index contributed by atoms with van der Waals surface area (Å²) in [5.41, 5.74) is 1.50. The van der Waals surface area contributed by atoms with Crippen LogP contribution in [0.1, 0.15) is 37.0 Å². The standard InChI is InChI=1S/C13H22N2O2/c1-9(2)10(3)7-14-8-11-5-6-12(15-11)13(16)17-4/h5-6,9-10,14-15H,7-8H2,1-4H3. The first-order valence-corrected chi connectivity index (χ1v) is 6.01. The highest BCUT2D eigenvalue weighted by molar-refractivity contribution is 5.87. The van der Waals surface area contributed by atoms with E-state index in [2.05, 4.69) is 35.8 Å². The number of ether oxygens (including phenoxy) is 1. The average Bonchev–Trinajstić information content (AvgIpc) is 2.76. The van der Waals surface area contributed by atoms with E-state index in [9.17, 15) is 4.79 Å². The summed E-state index contributed by atoms with van der Waals surface area (Å²) in [6, 6.07) is 3.65.